The molecule has 0 saturated carbocycles. The van der Waals surface area contributed by atoms with Gasteiger partial charge in [-0.25, -0.2) is 0 Å². The third kappa shape index (κ3) is 3.03. The first-order chi connectivity index (χ1) is 8.56. The number of hydrogen-bond donors (Lipinski definition) is 2. The summed E-state index contributed by atoms with van der Waals surface area (Å²) < 4.78 is 5.63. The van der Waals surface area contributed by atoms with Crippen LogP contribution in [0.15, 0.2) is 6.07 Å². The molecule has 0 radical (unpaired) electrons. The van der Waals surface area contributed by atoms with Gasteiger partial charge in [-0.05, 0) is 63.9 Å². The number of ether oxygens (including phenoxy) is 1. The molecule has 1 atom stereocenters. The average Bonchev–Trinajstić information content (AvgIpc) is 2.36. The molecular formula is C15H26N2O. The fourth-order valence-electron chi connectivity index (χ4n) is 2.52. The lowest BCUT2D eigenvalue weighted by molar-refractivity contribution is 0.393. The van der Waals surface area contributed by atoms with E-state index in [-0.39, 0.29) is 0 Å². The Balaban J connectivity index is 3.23. The zero-order valence-electron chi connectivity index (χ0n) is 12.3. The van der Waals surface area contributed by atoms with Crippen LogP contribution in [0.4, 0.5) is 0 Å². The van der Waals surface area contributed by atoms with E-state index in [4.69, 9.17) is 10.5 Å². The molecule has 0 fully saturated rings. The van der Waals surface area contributed by atoms with Crippen LogP contribution >= 0.6 is 0 Å². The molecule has 0 aliphatic carbocycles. The Labute approximate surface area is 111 Å². The summed E-state index contributed by atoms with van der Waals surface area (Å²) in [6, 6.07) is 2.54. The minimum absolute atomic E-state index is 0.308. The molecule has 0 aromatic heterocycles. The molecule has 1 unspecified atom stereocenters. The number of aryl methyl sites for hydroxylation is 2. The highest BCUT2D eigenvalue weighted by Gasteiger charge is 2.19. The maximum atomic E-state index is 5.63. The Morgan fingerprint density at radius 3 is 2.44 bits per heavy atom. The van der Waals surface area contributed by atoms with Gasteiger partial charge in [-0.15, -0.1) is 0 Å². The van der Waals surface area contributed by atoms with Gasteiger partial charge in [0.2, 0.25) is 0 Å². The van der Waals surface area contributed by atoms with Gasteiger partial charge >= 0.3 is 0 Å². The number of nitrogens with two attached hydrogens (primary N) is 1. The summed E-state index contributed by atoms with van der Waals surface area (Å²) in [5.74, 6) is 1.02. The van der Waals surface area contributed by atoms with E-state index < -0.39 is 0 Å². The van der Waals surface area contributed by atoms with E-state index in [0.29, 0.717) is 6.04 Å². The lowest BCUT2D eigenvalue weighted by Gasteiger charge is -2.24. The quantitative estimate of drug-likeness (QED) is 0.816. The second-order valence-corrected chi connectivity index (χ2v) is 4.85. The standard InChI is InChI=1S/C15H26N2O/c1-10-9-11(2)14(15(18-5)12(10)3)13(17-4)7-6-8-16/h9,13,17H,6-8,16H2,1-5H3. The van der Waals surface area contributed by atoms with Crippen molar-refractivity contribution in [2.24, 2.45) is 5.73 Å². The van der Waals surface area contributed by atoms with Crippen molar-refractivity contribution in [3.8, 4) is 5.75 Å². The van der Waals surface area contributed by atoms with E-state index in [1.165, 1.54) is 22.3 Å². The fourth-order valence-corrected chi connectivity index (χ4v) is 2.52. The van der Waals surface area contributed by atoms with Gasteiger partial charge in [-0.2, -0.15) is 0 Å². The highest BCUT2D eigenvalue weighted by Crippen LogP contribution is 2.35. The highest BCUT2D eigenvalue weighted by molar-refractivity contribution is 5.51. The van der Waals surface area contributed by atoms with Crippen LogP contribution in [0.25, 0.3) is 0 Å². The Morgan fingerprint density at radius 1 is 1.28 bits per heavy atom. The van der Waals surface area contributed by atoms with Crippen LogP contribution in [0.3, 0.4) is 0 Å². The minimum atomic E-state index is 0.308. The molecular weight excluding hydrogens is 224 g/mol. The van der Waals surface area contributed by atoms with Gasteiger partial charge in [0.05, 0.1) is 7.11 Å². The Kier molecular flexibility index (Phi) is 5.63. The highest BCUT2D eigenvalue weighted by atomic mass is 16.5. The zero-order valence-corrected chi connectivity index (χ0v) is 12.3. The van der Waals surface area contributed by atoms with Gasteiger partial charge in [0.15, 0.2) is 0 Å². The summed E-state index contributed by atoms with van der Waals surface area (Å²) in [4.78, 5) is 0. The topological polar surface area (TPSA) is 47.3 Å². The maximum absolute atomic E-state index is 5.63. The van der Waals surface area contributed by atoms with Crippen molar-refractivity contribution in [1.82, 2.24) is 5.32 Å². The van der Waals surface area contributed by atoms with Gasteiger partial charge in [0, 0.05) is 11.6 Å². The Hall–Kier alpha value is -1.06. The van der Waals surface area contributed by atoms with Crippen molar-refractivity contribution in [3.63, 3.8) is 0 Å². The molecule has 0 heterocycles. The molecule has 0 amide bonds. The Morgan fingerprint density at radius 2 is 1.94 bits per heavy atom. The van der Waals surface area contributed by atoms with Crippen molar-refractivity contribution in [3.05, 3.63) is 28.3 Å². The molecule has 3 heteroatoms. The largest absolute Gasteiger partial charge is 0.496 e. The second-order valence-electron chi connectivity index (χ2n) is 4.85. The molecule has 18 heavy (non-hydrogen) atoms. The van der Waals surface area contributed by atoms with Crippen LogP contribution in [-0.2, 0) is 0 Å². The molecule has 0 spiro atoms. The molecule has 102 valence electrons. The molecule has 3 N–H and O–H groups in total. The van der Waals surface area contributed by atoms with Crippen molar-refractivity contribution >= 4 is 0 Å². The molecule has 0 aliphatic rings. The summed E-state index contributed by atoms with van der Waals surface area (Å²) in [5, 5.41) is 3.38. The van der Waals surface area contributed by atoms with Gasteiger partial charge < -0.3 is 15.8 Å². The van der Waals surface area contributed by atoms with E-state index in [1.807, 2.05) is 7.05 Å². The third-order valence-electron chi connectivity index (χ3n) is 3.63. The molecule has 0 bridgehead atoms. The number of rotatable bonds is 6. The summed E-state index contributed by atoms with van der Waals surface area (Å²) >= 11 is 0. The van der Waals surface area contributed by atoms with Crippen molar-refractivity contribution < 1.29 is 4.74 Å². The van der Waals surface area contributed by atoms with Crippen molar-refractivity contribution in [2.45, 2.75) is 39.7 Å². The second kappa shape index (κ2) is 6.76. The van der Waals surface area contributed by atoms with Crippen LogP contribution in [-0.4, -0.2) is 20.7 Å². The summed E-state index contributed by atoms with van der Waals surface area (Å²) in [7, 11) is 3.75. The van der Waals surface area contributed by atoms with Gasteiger partial charge in [-0.1, -0.05) is 6.07 Å². The first kappa shape index (κ1) is 15.0. The van der Waals surface area contributed by atoms with Crippen molar-refractivity contribution in [2.75, 3.05) is 20.7 Å². The van der Waals surface area contributed by atoms with Crippen LogP contribution < -0.4 is 15.8 Å². The first-order valence-corrected chi connectivity index (χ1v) is 6.58. The number of hydrogen-bond acceptors (Lipinski definition) is 3. The summed E-state index contributed by atoms with van der Waals surface area (Å²) in [6.45, 7) is 7.12. The van der Waals surface area contributed by atoms with Crippen molar-refractivity contribution in [1.29, 1.82) is 0 Å². The number of methoxy groups -OCH3 is 1. The zero-order chi connectivity index (χ0) is 13.7. The molecule has 1 aromatic rings. The molecule has 1 aromatic carbocycles. The normalized spacial score (nSPS) is 12.6. The molecule has 3 nitrogen and oxygen atoms in total. The predicted molar refractivity (Wildman–Crippen MR) is 77.3 cm³/mol. The molecule has 1 rings (SSSR count). The van der Waals surface area contributed by atoms with E-state index in [1.54, 1.807) is 7.11 Å². The monoisotopic (exact) mass is 250 g/mol. The third-order valence-corrected chi connectivity index (χ3v) is 3.63. The lowest BCUT2D eigenvalue weighted by atomic mass is 9.92. The van der Waals surface area contributed by atoms with Crippen LogP contribution in [0.5, 0.6) is 5.75 Å². The smallest absolute Gasteiger partial charge is 0.127 e. The van der Waals surface area contributed by atoms with Gasteiger partial charge in [-0.3, -0.25) is 0 Å². The van der Waals surface area contributed by atoms with Gasteiger partial charge in [0.1, 0.15) is 5.75 Å². The van der Waals surface area contributed by atoms with Crippen LogP contribution in [0.1, 0.15) is 41.1 Å². The van der Waals surface area contributed by atoms with E-state index in [9.17, 15) is 0 Å². The maximum Gasteiger partial charge on any atom is 0.127 e. The SMILES string of the molecule is CNC(CCCN)c1c(C)cc(C)c(C)c1OC. The first-order valence-electron chi connectivity index (χ1n) is 6.58. The summed E-state index contributed by atoms with van der Waals surface area (Å²) in [5.41, 5.74) is 10.7. The van der Waals surface area contributed by atoms with E-state index in [0.717, 1.165) is 25.1 Å². The average molecular weight is 250 g/mol. The number of nitrogens with one attached hydrogen (secondary N) is 1. The van der Waals surface area contributed by atoms with E-state index >= 15 is 0 Å². The molecule has 0 aliphatic heterocycles. The number of benzene rings is 1. The fraction of sp³-hybridized carbons (Fsp3) is 0.600. The minimum Gasteiger partial charge on any atom is -0.496 e. The predicted octanol–water partition coefficient (Wildman–Crippen LogP) is 2.62. The van der Waals surface area contributed by atoms with Crippen LogP contribution in [0, 0.1) is 20.8 Å². The van der Waals surface area contributed by atoms with Gasteiger partial charge in [0.25, 0.3) is 0 Å². The Bertz CT molecular complexity index is 402. The molecule has 0 saturated heterocycles. The summed E-state index contributed by atoms with van der Waals surface area (Å²) in [6.07, 6.45) is 2.05. The van der Waals surface area contributed by atoms with E-state index in [2.05, 4.69) is 32.2 Å². The lowest BCUT2D eigenvalue weighted by Crippen LogP contribution is -2.20. The van der Waals surface area contributed by atoms with Crippen LogP contribution in [0.2, 0.25) is 0 Å².